The normalized spacial score (nSPS) is 10.5. The Hall–Kier alpha value is -0.870. The predicted molar refractivity (Wildman–Crippen MR) is 58.8 cm³/mol. The molecule has 3 nitrogen and oxygen atoms in total. The largest absolute Gasteiger partial charge is 0.480 e. The van der Waals surface area contributed by atoms with E-state index in [1.54, 1.807) is 19.4 Å². The summed E-state index contributed by atoms with van der Waals surface area (Å²) in [4.78, 5) is 8.23. The number of nitrogens with zero attached hydrogens (tertiary/aromatic N) is 2. The summed E-state index contributed by atoms with van der Waals surface area (Å²) in [7, 11) is 1.57. The summed E-state index contributed by atoms with van der Waals surface area (Å²) in [6, 6.07) is 3.59. The lowest BCUT2D eigenvalue weighted by Crippen LogP contribution is -1.90. The van der Waals surface area contributed by atoms with Crippen molar-refractivity contribution in [1.82, 2.24) is 9.97 Å². The Morgan fingerprint density at radius 3 is 2.93 bits per heavy atom. The Morgan fingerprint density at radius 1 is 1.43 bits per heavy atom. The van der Waals surface area contributed by atoms with E-state index in [2.05, 4.69) is 25.9 Å². The predicted octanol–water partition coefficient (Wildman–Crippen LogP) is 3.05. The van der Waals surface area contributed by atoms with Crippen LogP contribution in [0.4, 0.5) is 0 Å². The number of fused-ring (bicyclic) bond motifs is 1. The molecule has 0 aromatic carbocycles. The van der Waals surface area contributed by atoms with Crippen LogP contribution >= 0.6 is 27.5 Å². The minimum Gasteiger partial charge on any atom is -0.480 e. The minimum atomic E-state index is 0.425. The van der Waals surface area contributed by atoms with Gasteiger partial charge in [-0.2, -0.15) is 0 Å². The van der Waals surface area contributed by atoms with Gasteiger partial charge in [-0.05, 0) is 22.0 Å². The smallest absolute Gasteiger partial charge is 0.228 e. The van der Waals surface area contributed by atoms with E-state index in [0.29, 0.717) is 11.0 Å². The molecule has 0 unspecified atom stereocenters. The van der Waals surface area contributed by atoms with E-state index >= 15 is 0 Å². The molecule has 0 fully saturated rings. The quantitative estimate of drug-likeness (QED) is 0.749. The van der Waals surface area contributed by atoms with Crippen molar-refractivity contribution in [2.45, 2.75) is 0 Å². The molecular weight excluding hydrogens is 267 g/mol. The first-order chi connectivity index (χ1) is 6.70. The van der Waals surface area contributed by atoms with Crippen LogP contribution in [0, 0.1) is 0 Å². The van der Waals surface area contributed by atoms with Crippen LogP contribution in [0.25, 0.3) is 10.9 Å². The maximum absolute atomic E-state index is 5.75. The first kappa shape index (κ1) is 9.68. The lowest BCUT2D eigenvalue weighted by molar-refractivity contribution is 0.397. The second-order valence-corrected chi connectivity index (χ2v) is 3.92. The molecule has 2 heterocycles. The molecule has 0 radical (unpaired) electrons. The molecule has 2 aromatic rings. The molecule has 0 saturated carbocycles. The van der Waals surface area contributed by atoms with Crippen molar-refractivity contribution in [3.63, 3.8) is 0 Å². The monoisotopic (exact) mass is 272 g/mol. The number of hydrogen-bond acceptors (Lipinski definition) is 3. The average Bonchev–Trinajstić information content (AvgIpc) is 2.17. The maximum atomic E-state index is 5.75. The summed E-state index contributed by atoms with van der Waals surface area (Å²) in [6.45, 7) is 0. The van der Waals surface area contributed by atoms with Crippen molar-refractivity contribution >= 4 is 38.4 Å². The van der Waals surface area contributed by atoms with Crippen LogP contribution in [0.2, 0.25) is 5.15 Å². The van der Waals surface area contributed by atoms with Crippen LogP contribution < -0.4 is 4.74 Å². The van der Waals surface area contributed by atoms with Gasteiger partial charge in [0.1, 0.15) is 5.15 Å². The van der Waals surface area contributed by atoms with Crippen LogP contribution in [0.3, 0.4) is 0 Å². The zero-order valence-electron chi connectivity index (χ0n) is 7.29. The van der Waals surface area contributed by atoms with Crippen molar-refractivity contribution < 1.29 is 4.74 Å². The molecule has 0 saturated heterocycles. The Kier molecular flexibility index (Phi) is 2.56. The van der Waals surface area contributed by atoms with Gasteiger partial charge in [0.2, 0.25) is 5.88 Å². The molecule has 0 atom stereocenters. The third-order valence-corrected chi connectivity index (χ3v) is 2.56. The van der Waals surface area contributed by atoms with Crippen LogP contribution in [-0.4, -0.2) is 17.1 Å². The molecular formula is C9H6BrClN2O. The number of aromatic nitrogens is 2. The second kappa shape index (κ2) is 3.71. The lowest BCUT2D eigenvalue weighted by atomic mass is 10.3. The van der Waals surface area contributed by atoms with Crippen molar-refractivity contribution in [3.8, 4) is 5.88 Å². The number of methoxy groups -OCH3 is 1. The maximum Gasteiger partial charge on any atom is 0.228 e. The molecule has 2 aromatic heterocycles. The van der Waals surface area contributed by atoms with Crippen LogP contribution in [0.1, 0.15) is 0 Å². The van der Waals surface area contributed by atoms with Gasteiger partial charge in [-0.25, -0.2) is 9.97 Å². The third kappa shape index (κ3) is 1.67. The van der Waals surface area contributed by atoms with Crippen LogP contribution in [-0.2, 0) is 0 Å². The Labute approximate surface area is 94.2 Å². The highest BCUT2D eigenvalue weighted by Crippen LogP contribution is 2.27. The van der Waals surface area contributed by atoms with Gasteiger partial charge in [0, 0.05) is 17.6 Å². The number of ether oxygens (including phenoxy) is 1. The highest BCUT2D eigenvalue weighted by molar-refractivity contribution is 9.10. The summed E-state index contributed by atoms with van der Waals surface area (Å²) in [5.41, 5.74) is 0.769. The highest BCUT2D eigenvalue weighted by Gasteiger charge is 2.05. The first-order valence-electron chi connectivity index (χ1n) is 3.86. The molecule has 2 rings (SSSR count). The standard InChI is InChI=1S/C9H6BrClN2O/c1-14-9-6(10)2-5-4-12-8(11)3-7(5)13-9/h2-4H,1H3. The Bertz CT molecular complexity index is 489. The number of rotatable bonds is 1. The van der Waals surface area contributed by atoms with Gasteiger partial charge in [-0.15, -0.1) is 0 Å². The average molecular weight is 274 g/mol. The molecule has 0 spiro atoms. The van der Waals surface area contributed by atoms with Crippen molar-refractivity contribution in [2.24, 2.45) is 0 Å². The minimum absolute atomic E-state index is 0.425. The van der Waals surface area contributed by atoms with Crippen molar-refractivity contribution in [3.05, 3.63) is 28.0 Å². The summed E-state index contributed by atoms with van der Waals surface area (Å²) in [6.07, 6.45) is 1.68. The Balaban J connectivity index is 2.73. The number of halogens is 2. The molecule has 72 valence electrons. The Morgan fingerprint density at radius 2 is 2.21 bits per heavy atom. The van der Waals surface area contributed by atoms with E-state index in [1.807, 2.05) is 6.07 Å². The van der Waals surface area contributed by atoms with E-state index in [9.17, 15) is 0 Å². The summed E-state index contributed by atoms with van der Waals surface area (Å²) in [5.74, 6) is 0.541. The zero-order valence-corrected chi connectivity index (χ0v) is 9.63. The van der Waals surface area contributed by atoms with Crippen LogP contribution in [0.5, 0.6) is 5.88 Å². The summed E-state index contributed by atoms with van der Waals surface area (Å²) >= 11 is 9.10. The van der Waals surface area contributed by atoms with E-state index in [1.165, 1.54) is 0 Å². The SMILES string of the molecule is COc1nc2cc(Cl)ncc2cc1Br. The van der Waals surface area contributed by atoms with Crippen LogP contribution in [0.15, 0.2) is 22.8 Å². The van der Waals surface area contributed by atoms with Crippen molar-refractivity contribution in [1.29, 1.82) is 0 Å². The fourth-order valence-corrected chi connectivity index (χ4v) is 1.79. The first-order valence-corrected chi connectivity index (χ1v) is 5.03. The van der Waals surface area contributed by atoms with Gasteiger partial charge in [0.25, 0.3) is 0 Å². The topological polar surface area (TPSA) is 35.0 Å². The lowest BCUT2D eigenvalue weighted by Gasteiger charge is -2.03. The third-order valence-electron chi connectivity index (χ3n) is 1.78. The van der Waals surface area contributed by atoms with Gasteiger partial charge in [0.15, 0.2) is 0 Å². The van der Waals surface area contributed by atoms with E-state index < -0.39 is 0 Å². The number of hydrogen-bond donors (Lipinski definition) is 0. The molecule has 0 N–H and O–H groups in total. The molecule has 14 heavy (non-hydrogen) atoms. The molecule has 0 aliphatic carbocycles. The zero-order chi connectivity index (χ0) is 10.1. The summed E-state index contributed by atoms with van der Waals surface area (Å²) in [5, 5.41) is 1.34. The van der Waals surface area contributed by atoms with E-state index in [4.69, 9.17) is 16.3 Å². The molecule has 0 aliphatic heterocycles. The molecule has 0 aliphatic rings. The fourth-order valence-electron chi connectivity index (χ4n) is 1.14. The van der Waals surface area contributed by atoms with Crippen molar-refractivity contribution in [2.75, 3.05) is 7.11 Å². The van der Waals surface area contributed by atoms with Gasteiger partial charge < -0.3 is 4.74 Å². The number of pyridine rings is 2. The molecule has 0 bridgehead atoms. The second-order valence-electron chi connectivity index (χ2n) is 2.68. The van der Waals surface area contributed by atoms with Gasteiger partial charge in [0.05, 0.1) is 17.1 Å². The summed E-state index contributed by atoms with van der Waals surface area (Å²) < 4.78 is 5.87. The van der Waals surface area contributed by atoms with Gasteiger partial charge in [-0.3, -0.25) is 0 Å². The van der Waals surface area contributed by atoms with E-state index in [0.717, 1.165) is 15.4 Å². The van der Waals surface area contributed by atoms with Gasteiger partial charge >= 0.3 is 0 Å². The highest BCUT2D eigenvalue weighted by atomic mass is 79.9. The molecule has 5 heteroatoms. The fraction of sp³-hybridized carbons (Fsp3) is 0.111. The van der Waals surface area contributed by atoms with Gasteiger partial charge in [-0.1, -0.05) is 11.6 Å². The van der Waals surface area contributed by atoms with E-state index in [-0.39, 0.29) is 0 Å². The molecule has 0 amide bonds.